The van der Waals surface area contributed by atoms with E-state index in [0.29, 0.717) is 29.4 Å². The van der Waals surface area contributed by atoms with E-state index in [1.807, 2.05) is 6.92 Å². The highest BCUT2D eigenvalue weighted by Crippen LogP contribution is 2.43. The van der Waals surface area contributed by atoms with Crippen LogP contribution in [0.4, 0.5) is 0 Å². The number of aliphatic hydroxyl groups is 1. The monoisotopic (exact) mass is 255 g/mol. The Labute approximate surface area is 107 Å². The van der Waals surface area contributed by atoms with Crippen LogP contribution < -0.4 is 19.9 Å². The van der Waals surface area contributed by atoms with Crippen LogP contribution in [0.25, 0.3) is 0 Å². The quantitative estimate of drug-likeness (QED) is 0.802. The molecule has 0 heterocycles. The molecule has 0 fully saturated rings. The zero-order chi connectivity index (χ0) is 13.7. The van der Waals surface area contributed by atoms with Crippen molar-refractivity contribution in [3.8, 4) is 17.2 Å². The van der Waals surface area contributed by atoms with Gasteiger partial charge in [0, 0.05) is 5.56 Å². The number of rotatable bonds is 6. The Balaban J connectivity index is 3.28. The second-order valence-electron chi connectivity index (χ2n) is 4.08. The minimum atomic E-state index is -0.704. The van der Waals surface area contributed by atoms with Crippen molar-refractivity contribution >= 4 is 0 Å². The minimum Gasteiger partial charge on any atom is -0.493 e. The summed E-state index contributed by atoms with van der Waals surface area (Å²) < 4.78 is 15.8. The highest BCUT2D eigenvalue weighted by Gasteiger charge is 2.23. The molecule has 2 unspecified atom stereocenters. The molecule has 0 saturated heterocycles. The van der Waals surface area contributed by atoms with Crippen LogP contribution in [0.3, 0.4) is 0 Å². The molecule has 0 aromatic heterocycles. The van der Waals surface area contributed by atoms with Crippen molar-refractivity contribution in [2.75, 3.05) is 27.9 Å². The Morgan fingerprint density at radius 3 is 2.17 bits per heavy atom. The van der Waals surface area contributed by atoms with Gasteiger partial charge in [-0.15, -0.1) is 0 Å². The first-order valence-corrected chi connectivity index (χ1v) is 5.77. The van der Waals surface area contributed by atoms with Gasteiger partial charge in [-0.25, -0.2) is 0 Å². The molecule has 0 radical (unpaired) electrons. The van der Waals surface area contributed by atoms with Crippen molar-refractivity contribution in [2.45, 2.75) is 13.0 Å². The number of benzene rings is 1. The maximum absolute atomic E-state index is 10.2. The van der Waals surface area contributed by atoms with Crippen LogP contribution in [0.5, 0.6) is 17.2 Å². The lowest BCUT2D eigenvalue weighted by Crippen LogP contribution is -2.19. The molecule has 3 N–H and O–H groups in total. The van der Waals surface area contributed by atoms with Crippen LogP contribution in [-0.2, 0) is 0 Å². The Bertz CT molecular complexity index is 395. The van der Waals surface area contributed by atoms with Gasteiger partial charge >= 0.3 is 0 Å². The smallest absolute Gasteiger partial charge is 0.203 e. The van der Waals surface area contributed by atoms with E-state index in [4.69, 9.17) is 19.9 Å². The fourth-order valence-electron chi connectivity index (χ4n) is 1.79. The van der Waals surface area contributed by atoms with Gasteiger partial charge in [0.25, 0.3) is 0 Å². The molecule has 18 heavy (non-hydrogen) atoms. The molecule has 1 aromatic rings. The van der Waals surface area contributed by atoms with Crippen molar-refractivity contribution in [2.24, 2.45) is 11.7 Å². The Hall–Kier alpha value is -1.46. The van der Waals surface area contributed by atoms with E-state index in [2.05, 4.69) is 0 Å². The summed E-state index contributed by atoms with van der Waals surface area (Å²) in [6, 6.07) is 3.50. The predicted octanol–water partition coefficient (Wildman–Crippen LogP) is 1.34. The molecule has 102 valence electrons. The van der Waals surface area contributed by atoms with E-state index in [-0.39, 0.29) is 5.92 Å². The molecule has 0 aliphatic heterocycles. The van der Waals surface area contributed by atoms with E-state index in [0.717, 1.165) is 0 Å². The molecule has 0 aliphatic rings. The zero-order valence-electron chi connectivity index (χ0n) is 11.3. The van der Waals surface area contributed by atoms with E-state index >= 15 is 0 Å². The highest BCUT2D eigenvalue weighted by atomic mass is 16.5. The highest BCUT2D eigenvalue weighted by molar-refractivity contribution is 5.56. The number of hydrogen-bond donors (Lipinski definition) is 2. The SMILES string of the molecule is COc1ccc(C(O)C(C)CN)c(OC)c1OC. The number of hydrogen-bond acceptors (Lipinski definition) is 5. The molecule has 0 saturated carbocycles. The molecule has 5 nitrogen and oxygen atoms in total. The maximum Gasteiger partial charge on any atom is 0.203 e. The van der Waals surface area contributed by atoms with Crippen molar-refractivity contribution in [1.82, 2.24) is 0 Å². The van der Waals surface area contributed by atoms with Crippen LogP contribution in [0.1, 0.15) is 18.6 Å². The van der Waals surface area contributed by atoms with Gasteiger partial charge in [-0.1, -0.05) is 6.92 Å². The number of methoxy groups -OCH3 is 3. The summed E-state index contributed by atoms with van der Waals surface area (Å²) in [5, 5.41) is 10.2. The lowest BCUT2D eigenvalue weighted by molar-refractivity contribution is 0.118. The van der Waals surface area contributed by atoms with E-state index in [1.165, 1.54) is 14.2 Å². The van der Waals surface area contributed by atoms with E-state index in [9.17, 15) is 5.11 Å². The van der Waals surface area contributed by atoms with Crippen molar-refractivity contribution in [3.63, 3.8) is 0 Å². The van der Waals surface area contributed by atoms with Crippen LogP contribution >= 0.6 is 0 Å². The van der Waals surface area contributed by atoms with Gasteiger partial charge in [0.2, 0.25) is 5.75 Å². The predicted molar refractivity (Wildman–Crippen MR) is 69.3 cm³/mol. The van der Waals surface area contributed by atoms with Crippen LogP contribution in [0.2, 0.25) is 0 Å². The van der Waals surface area contributed by atoms with Crippen molar-refractivity contribution in [1.29, 1.82) is 0 Å². The Morgan fingerprint density at radius 2 is 1.72 bits per heavy atom. The van der Waals surface area contributed by atoms with Gasteiger partial charge in [-0.2, -0.15) is 0 Å². The van der Waals surface area contributed by atoms with E-state index in [1.54, 1.807) is 19.2 Å². The summed E-state index contributed by atoms with van der Waals surface area (Å²) in [7, 11) is 4.61. The first kappa shape index (κ1) is 14.6. The summed E-state index contributed by atoms with van der Waals surface area (Å²) in [5.41, 5.74) is 6.22. The second kappa shape index (κ2) is 6.47. The van der Waals surface area contributed by atoms with Gasteiger partial charge < -0.3 is 25.1 Å². The Kier molecular flexibility index (Phi) is 5.25. The van der Waals surface area contributed by atoms with Gasteiger partial charge in [0.1, 0.15) is 0 Å². The summed E-state index contributed by atoms with van der Waals surface area (Å²) in [4.78, 5) is 0. The van der Waals surface area contributed by atoms with E-state index < -0.39 is 6.10 Å². The zero-order valence-corrected chi connectivity index (χ0v) is 11.3. The lowest BCUT2D eigenvalue weighted by atomic mass is 9.96. The molecule has 1 rings (SSSR count). The van der Waals surface area contributed by atoms with Gasteiger partial charge in [-0.3, -0.25) is 0 Å². The van der Waals surface area contributed by atoms with Crippen LogP contribution in [-0.4, -0.2) is 33.0 Å². The standard InChI is InChI=1S/C13H21NO4/c1-8(7-14)11(15)9-5-6-10(16-2)13(18-4)12(9)17-3/h5-6,8,11,15H,7,14H2,1-4H3. The summed E-state index contributed by atoms with van der Waals surface area (Å²) >= 11 is 0. The summed E-state index contributed by atoms with van der Waals surface area (Å²) in [6.45, 7) is 2.26. The topological polar surface area (TPSA) is 73.9 Å². The number of ether oxygens (including phenoxy) is 3. The first-order valence-electron chi connectivity index (χ1n) is 5.77. The molecule has 0 aliphatic carbocycles. The molecule has 5 heteroatoms. The lowest BCUT2D eigenvalue weighted by Gasteiger charge is -2.22. The first-order chi connectivity index (χ1) is 8.60. The third kappa shape index (κ3) is 2.68. The Morgan fingerprint density at radius 1 is 1.11 bits per heavy atom. The minimum absolute atomic E-state index is 0.0722. The molecule has 0 amide bonds. The average molecular weight is 255 g/mol. The van der Waals surface area contributed by atoms with Gasteiger partial charge in [0.15, 0.2) is 11.5 Å². The van der Waals surface area contributed by atoms with Gasteiger partial charge in [-0.05, 0) is 24.6 Å². The van der Waals surface area contributed by atoms with Crippen LogP contribution in [0.15, 0.2) is 12.1 Å². The summed E-state index contributed by atoms with van der Waals surface area (Å²) in [6.07, 6.45) is -0.704. The fourth-order valence-corrected chi connectivity index (χ4v) is 1.79. The second-order valence-corrected chi connectivity index (χ2v) is 4.08. The van der Waals surface area contributed by atoms with Crippen LogP contribution in [0, 0.1) is 5.92 Å². The molecule has 0 bridgehead atoms. The van der Waals surface area contributed by atoms with Gasteiger partial charge in [0.05, 0.1) is 27.4 Å². The largest absolute Gasteiger partial charge is 0.493 e. The fraction of sp³-hybridized carbons (Fsp3) is 0.538. The summed E-state index contributed by atoms with van der Waals surface area (Å²) in [5.74, 6) is 1.44. The third-order valence-electron chi connectivity index (χ3n) is 2.96. The number of nitrogens with two attached hydrogens (primary N) is 1. The van der Waals surface area contributed by atoms with Crippen molar-refractivity contribution in [3.05, 3.63) is 17.7 Å². The maximum atomic E-state index is 10.2. The third-order valence-corrected chi connectivity index (χ3v) is 2.96. The van der Waals surface area contributed by atoms with Crippen molar-refractivity contribution < 1.29 is 19.3 Å². The number of aliphatic hydroxyl groups excluding tert-OH is 1. The molecular formula is C13H21NO4. The normalized spacial score (nSPS) is 13.9. The average Bonchev–Trinajstić information content (AvgIpc) is 2.43. The molecule has 0 spiro atoms. The molecule has 1 aromatic carbocycles. The molecular weight excluding hydrogens is 234 g/mol. The molecule has 2 atom stereocenters.